The molecule has 4 aromatic rings. The molecule has 0 radical (unpaired) electrons. The van der Waals surface area contributed by atoms with Crippen LogP contribution in [0.5, 0.6) is 0 Å². The summed E-state index contributed by atoms with van der Waals surface area (Å²) in [5.41, 5.74) is 5.22. The molecule has 0 spiro atoms. The molecular weight excluding hydrogens is 547 g/mol. The Morgan fingerprint density at radius 1 is 1.11 bits per heavy atom. The molecule has 0 saturated carbocycles. The van der Waals surface area contributed by atoms with Gasteiger partial charge in [0.05, 0.1) is 5.52 Å². The standard InChI is InChI=1S/C27H23BrCl2N4O/c28-20-5-8-24-22(15-20)23-17-33(12-1-2-18-3-6-21(29)7-4-18)13-10-25(23)34(24)27(35)32-16-19-9-11-31-26(30)14-19/h1-9,11,14-15H,10,12-13,16-17H2,(H,32,35). The van der Waals surface area contributed by atoms with Gasteiger partial charge in [-0.05, 0) is 59.2 Å². The summed E-state index contributed by atoms with van der Waals surface area (Å²) >= 11 is 15.6. The van der Waals surface area contributed by atoms with Crippen LogP contribution >= 0.6 is 39.1 Å². The summed E-state index contributed by atoms with van der Waals surface area (Å²) in [6, 6.07) is 17.4. The van der Waals surface area contributed by atoms with E-state index in [1.165, 1.54) is 5.56 Å². The Morgan fingerprint density at radius 2 is 1.94 bits per heavy atom. The molecule has 178 valence electrons. The van der Waals surface area contributed by atoms with Crippen molar-refractivity contribution >= 4 is 62.1 Å². The highest BCUT2D eigenvalue weighted by atomic mass is 79.9. The third-order valence-electron chi connectivity index (χ3n) is 6.17. The molecule has 0 bridgehead atoms. The summed E-state index contributed by atoms with van der Waals surface area (Å²) in [6.07, 6.45) is 6.73. The van der Waals surface area contributed by atoms with E-state index in [9.17, 15) is 4.79 Å². The number of halogens is 3. The molecule has 0 unspecified atom stereocenters. The smallest absolute Gasteiger partial charge is 0.326 e. The largest absolute Gasteiger partial charge is 0.333 e. The number of amides is 1. The maximum atomic E-state index is 13.3. The molecular formula is C27H23BrCl2N4O. The highest BCUT2D eigenvalue weighted by molar-refractivity contribution is 9.10. The first-order valence-corrected chi connectivity index (χ1v) is 12.9. The maximum absolute atomic E-state index is 13.3. The van der Waals surface area contributed by atoms with E-state index in [4.69, 9.17) is 23.2 Å². The van der Waals surface area contributed by atoms with Gasteiger partial charge >= 0.3 is 6.03 Å². The molecule has 1 N–H and O–H groups in total. The summed E-state index contributed by atoms with van der Waals surface area (Å²) in [5.74, 6) is 0. The molecule has 3 heterocycles. The predicted octanol–water partition coefficient (Wildman–Crippen LogP) is 6.94. The molecule has 0 saturated heterocycles. The number of nitrogens with one attached hydrogen (secondary N) is 1. The molecule has 0 atom stereocenters. The van der Waals surface area contributed by atoms with E-state index in [0.29, 0.717) is 11.7 Å². The topological polar surface area (TPSA) is 50.2 Å². The van der Waals surface area contributed by atoms with Crippen LogP contribution < -0.4 is 5.32 Å². The molecule has 8 heteroatoms. The number of benzene rings is 2. The lowest BCUT2D eigenvalue weighted by atomic mass is 10.0. The SMILES string of the molecule is O=C(NCc1ccnc(Cl)c1)n1c2c(c3cc(Br)ccc31)CN(CC=Cc1ccc(Cl)cc1)CC2. The van der Waals surface area contributed by atoms with Crippen molar-refractivity contribution in [1.29, 1.82) is 0 Å². The lowest BCUT2D eigenvalue weighted by Crippen LogP contribution is -2.34. The van der Waals surface area contributed by atoms with Gasteiger partial charge in [0.25, 0.3) is 0 Å². The number of carbonyl (C=O) groups is 1. The zero-order chi connectivity index (χ0) is 24.4. The lowest BCUT2D eigenvalue weighted by Gasteiger charge is -2.27. The van der Waals surface area contributed by atoms with Crippen molar-refractivity contribution in [3.63, 3.8) is 0 Å². The number of aromatic nitrogens is 2. The first-order chi connectivity index (χ1) is 17.0. The van der Waals surface area contributed by atoms with Gasteiger partial charge < -0.3 is 5.32 Å². The molecule has 1 aliphatic rings. The van der Waals surface area contributed by atoms with Gasteiger partial charge in [-0.2, -0.15) is 0 Å². The fourth-order valence-corrected chi connectivity index (χ4v) is 5.18. The number of nitrogens with zero attached hydrogens (tertiary/aromatic N) is 3. The zero-order valence-electron chi connectivity index (χ0n) is 18.8. The second-order valence-electron chi connectivity index (χ2n) is 8.51. The van der Waals surface area contributed by atoms with Crippen LogP contribution in [0.25, 0.3) is 17.0 Å². The Labute approximate surface area is 222 Å². The quantitative estimate of drug-likeness (QED) is 0.265. The van der Waals surface area contributed by atoms with Crippen LogP contribution in [0.4, 0.5) is 4.79 Å². The van der Waals surface area contributed by atoms with Gasteiger partial charge in [0.2, 0.25) is 0 Å². The fourth-order valence-electron chi connectivity index (χ4n) is 4.50. The average molecular weight is 570 g/mol. The van der Waals surface area contributed by atoms with Crippen molar-refractivity contribution in [3.8, 4) is 0 Å². The highest BCUT2D eigenvalue weighted by Gasteiger charge is 2.26. The second kappa shape index (κ2) is 10.5. The summed E-state index contributed by atoms with van der Waals surface area (Å²) in [5, 5.41) is 5.30. The minimum absolute atomic E-state index is 0.136. The minimum atomic E-state index is -0.136. The summed E-state index contributed by atoms with van der Waals surface area (Å²) in [7, 11) is 0. The fraction of sp³-hybridized carbons (Fsp3) is 0.185. The first-order valence-electron chi connectivity index (χ1n) is 11.3. The summed E-state index contributed by atoms with van der Waals surface area (Å²) < 4.78 is 2.83. The molecule has 0 fully saturated rings. The lowest BCUT2D eigenvalue weighted by molar-refractivity contribution is 0.240. The Kier molecular flexibility index (Phi) is 7.25. The Balaban J connectivity index is 1.37. The van der Waals surface area contributed by atoms with E-state index in [2.05, 4.69) is 49.3 Å². The van der Waals surface area contributed by atoms with Crippen LogP contribution in [0.2, 0.25) is 10.2 Å². The van der Waals surface area contributed by atoms with Crippen LogP contribution in [0.15, 0.2) is 71.3 Å². The van der Waals surface area contributed by atoms with Crippen molar-refractivity contribution in [3.05, 3.63) is 104 Å². The normalized spacial score (nSPS) is 13.9. The Morgan fingerprint density at radius 3 is 2.74 bits per heavy atom. The number of rotatable bonds is 5. The van der Waals surface area contributed by atoms with Gasteiger partial charge in [-0.3, -0.25) is 9.47 Å². The van der Waals surface area contributed by atoms with E-state index >= 15 is 0 Å². The predicted molar refractivity (Wildman–Crippen MR) is 146 cm³/mol. The molecule has 1 aliphatic heterocycles. The van der Waals surface area contributed by atoms with Crippen LogP contribution in [0, 0.1) is 0 Å². The van der Waals surface area contributed by atoms with Gasteiger partial charge in [0, 0.05) is 59.4 Å². The van der Waals surface area contributed by atoms with E-state index in [1.54, 1.807) is 12.3 Å². The van der Waals surface area contributed by atoms with E-state index < -0.39 is 0 Å². The van der Waals surface area contributed by atoms with Crippen LogP contribution in [0.1, 0.15) is 22.4 Å². The van der Waals surface area contributed by atoms with Gasteiger partial charge in [-0.15, -0.1) is 0 Å². The van der Waals surface area contributed by atoms with Crippen LogP contribution in [-0.4, -0.2) is 33.6 Å². The number of hydrogen-bond acceptors (Lipinski definition) is 3. The average Bonchev–Trinajstić information content (AvgIpc) is 3.17. The monoisotopic (exact) mass is 568 g/mol. The molecule has 0 aliphatic carbocycles. The van der Waals surface area contributed by atoms with Gasteiger partial charge in [0.1, 0.15) is 5.15 Å². The van der Waals surface area contributed by atoms with Crippen molar-refractivity contribution in [1.82, 2.24) is 19.8 Å². The van der Waals surface area contributed by atoms with Crippen molar-refractivity contribution in [2.75, 3.05) is 13.1 Å². The minimum Gasteiger partial charge on any atom is -0.333 e. The van der Waals surface area contributed by atoms with Gasteiger partial charge in [-0.25, -0.2) is 9.78 Å². The van der Waals surface area contributed by atoms with Crippen LogP contribution in [-0.2, 0) is 19.5 Å². The first kappa shape index (κ1) is 24.1. The number of fused-ring (bicyclic) bond motifs is 3. The molecule has 2 aromatic heterocycles. The van der Waals surface area contributed by atoms with Crippen molar-refractivity contribution in [2.24, 2.45) is 0 Å². The molecule has 5 nitrogen and oxygen atoms in total. The molecule has 5 rings (SSSR count). The third-order valence-corrected chi connectivity index (χ3v) is 7.12. The van der Waals surface area contributed by atoms with E-state index in [1.807, 2.05) is 47.0 Å². The van der Waals surface area contributed by atoms with Crippen molar-refractivity contribution in [2.45, 2.75) is 19.5 Å². The molecule has 2 aromatic carbocycles. The number of carbonyl (C=O) groups excluding carboxylic acids is 1. The zero-order valence-corrected chi connectivity index (χ0v) is 21.9. The second-order valence-corrected chi connectivity index (χ2v) is 10.2. The number of pyridine rings is 1. The van der Waals surface area contributed by atoms with Gasteiger partial charge in [0.15, 0.2) is 0 Å². The Bertz CT molecular complexity index is 1410. The van der Waals surface area contributed by atoms with Gasteiger partial charge in [-0.1, -0.05) is 63.4 Å². The summed E-state index contributed by atoms with van der Waals surface area (Å²) in [4.78, 5) is 19.7. The number of hydrogen-bond donors (Lipinski definition) is 1. The van der Waals surface area contributed by atoms with Crippen molar-refractivity contribution < 1.29 is 4.79 Å². The molecule has 35 heavy (non-hydrogen) atoms. The van der Waals surface area contributed by atoms with Crippen LogP contribution in [0.3, 0.4) is 0 Å². The van der Waals surface area contributed by atoms with E-state index in [0.717, 1.165) is 63.3 Å². The maximum Gasteiger partial charge on any atom is 0.326 e. The van der Waals surface area contributed by atoms with E-state index in [-0.39, 0.29) is 6.03 Å². The Hall–Kier alpha value is -2.64. The third kappa shape index (κ3) is 5.46. The highest BCUT2D eigenvalue weighted by Crippen LogP contribution is 2.33. The molecule has 1 amide bonds. The summed E-state index contributed by atoms with van der Waals surface area (Å²) in [6.45, 7) is 2.88.